The van der Waals surface area contributed by atoms with Crippen LogP contribution in [0.2, 0.25) is 0 Å². The lowest BCUT2D eigenvalue weighted by Gasteiger charge is -2.43. The topological polar surface area (TPSA) is 58.1 Å². The highest BCUT2D eigenvalue weighted by molar-refractivity contribution is 5.86. The zero-order valence-electron chi connectivity index (χ0n) is 14.6. The predicted molar refractivity (Wildman–Crippen MR) is 97.3 cm³/mol. The van der Waals surface area contributed by atoms with Crippen LogP contribution in [-0.2, 0) is 4.74 Å². The lowest BCUT2D eigenvalue weighted by Crippen LogP contribution is -2.56. The first-order chi connectivity index (χ1) is 12.3. The number of benzene rings is 1. The van der Waals surface area contributed by atoms with Crippen LogP contribution in [0.1, 0.15) is 6.42 Å². The number of hydrogen-bond donors (Lipinski definition) is 1. The monoisotopic (exact) mass is 343 g/mol. The zero-order chi connectivity index (χ0) is 17.2. The summed E-state index contributed by atoms with van der Waals surface area (Å²) in [5.74, 6) is 1.68. The Labute approximate surface area is 148 Å². The van der Waals surface area contributed by atoms with Gasteiger partial charge in [0.1, 0.15) is 17.1 Å². The Bertz CT molecular complexity index is 733. The molecule has 25 heavy (non-hydrogen) atoms. The third-order valence-corrected chi connectivity index (χ3v) is 5.27. The molecular weight excluding hydrogens is 318 g/mol. The van der Waals surface area contributed by atoms with Gasteiger partial charge >= 0.3 is 0 Å². The number of hydrogen-bond acceptors (Lipinski definition) is 6. The highest BCUT2D eigenvalue weighted by Crippen LogP contribution is 2.28. The highest BCUT2D eigenvalue weighted by atomic mass is 16.5. The molecule has 1 aromatic heterocycles. The van der Waals surface area contributed by atoms with E-state index in [0.717, 1.165) is 61.7 Å². The minimum Gasteiger partial charge on any atom is -0.494 e. The Hall–Kier alpha value is -1.89. The second kappa shape index (κ2) is 7.15. The molecule has 4 rings (SSSR count). The Morgan fingerprint density at radius 1 is 1.16 bits per heavy atom. The summed E-state index contributed by atoms with van der Waals surface area (Å²) in [4.78, 5) is 9.34. The minimum atomic E-state index is -0.373. The van der Waals surface area contributed by atoms with Gasteiger partial charge < -0.3 is 19.5 Å². The maximum absolute atomic E-state index is 10.7. The van der Waals surface area contributed by atoms with Crippen LogP contribution in [0, 0.1) is 0 Å². The van der Waals surface area contributed by atoms with E-state index in [4.69, 9.17) is 14.5 Å². The van der Waals surface area contributed by atoms with Crippen molar-refractivity contribution in [2.45, 2.75) is 18.6 Å². The molecule has 6 nitrogen and oxygen atoms in total. The number of piperidine rings is 1. The standard InChI is InChI=1S/C19H25N3O3/c1-24-17-4-2-3-14-5-6-18(20-19(14)17)22-8-7-15(16(23)13-22)21-9-11-25-12-10-21/h2-6,15-16,23H,7-13H2,1H3/t15-,16-/m0/s1. The Morgan fingerprint density at radius 3 is 2.76 bits per heavy atom. The number of nitrogens with zero attached hydrogens (tertiary/aromatic N) is 3. The fourth-order valence-electron chi connectivity index (χ4n) is 3.91. The van der Waals surface area contributed by atoms with Gasteiger partial charge in [-0.15, -0.1) is 0 Å². The van der Waals surface area contributed by atoms with Crippen LogP contribution in [0.5, 0.6) is 5.75 Å². The van der Waals surface area contributed by atoms with Crippen LogP contribution in [0.3, 0.4) is 0 Å². The van der Waals surface area contributed by atoms with E-state index in [-0.39, 0.29) is 12.1 Å². The molecule has 0 amide bonds. The second-order valence-corrected chi connectivity index (χ2v) is 6.72. The fourth-order valence-corrected chi connectivity index (χ4v) is 3.91. The molecule has 0 aliphatic carbocycles. The van der Waals surface area contributed by atoms with E-state index in [0.29, 0.717) is 6.54 Å². The van der Waals surface area contributed by atoms with Crippen molar-refractivity contribution in [3.63, 3.8) is 0 Å². The van der Waals surface area contributed by atoms with E-state index < -0.39 is 0 Å². The van der Waals surface area contributed by atoms with Crippen LogP contribution in [-0.4, -0.2) is 73.6 Å². The quantitative estimate of drug-likeness (QED) is 0.912. The summed E-state index contributed by atoms with van der Waals surface area (Å²) in [5.41, 5.74) is 0.868. The van der Waals surface area contributed by atoms with Gasteiger partial charge in [0.15, 0.2) is 0 Å². The second-order valence-electron chi connectivity index (χ2n) is 6.72. The molecule has 3 heterocycles. The normalized spacial score (nSPS) is 25.3. The molecule has 1 aromatic carbocycles. The fraction of sp³-hybridized carbons (Fsp3) is 0.526. The first-order valence-corrected chi connectivity index (χ1v) is 8.95. The van der Waals surface area contributed by atoms with Crippen LogP contribution < -0.4 is 9.64 Å². The number of rotatable bonds is 3. The third-order valence-electron chi connectivity index (χ3n) is 5.27. The molecule has 2 aromatic rings. The number of anilines is 1. The lowest BCUT2D eigenvalue weighted by molar-refractivity contribution is -0.0274. The molecule has 0 radical (unpaired) electrons. The van der Waals surface area contributed by atoms with Crippen LogP contribution in [0.4, 0.5) is 5.82 Å². The molecule has 2 saturated heterocycles. The van der Waals surface area contributed by atoms with Gasteiger partial charge in [-0.2, -0.15) is 0 Å². The molecule has 0 bridgehead atoms. The van der Waals surface area contributed by atoms with Crippen molar-refractivity contribution < 1.29 is 14.6 Å². The summed E-state index contributed by atoms with van der Waals surface area (Å²) >= 11 is 0. The Balaban J connectivity index is 1.52. The number of pyridine rings is 1. The molecule has 1 N–H and O–H groups in total. The van der Waals surface area contributed by atoms with E-state index in [1.165, 1.54) is 0 Å². The minimum absolute atomic E-state index is 0.218. The number of morpholine rings is 1. The number of fused-ring (bicyclic) bond motifs is 1. The van der Waals surface area contributed by atoms with E-state index in [1.807, 2.05) is 24.3 Å². The average Bonchev–Trinajstić information content (AvgIpc) is 2.67. The molecule has 0 unspecified atom stereocenters. The van der Waals surface area contributed by atoms with Gasteiger partial charge in [0.05, 0.1) is 26.4 Å². The first-order valence-electron chi connectivity index (χ1n) is 8.95. The van der Waals surface area contributed by atoms with E-state index in [9.17, 15) is 5.11 Å². The smallest absolute Gasteiger partial charge is 0.145 e. The van der Waals surface area contributed by atoms with Crippen molar-refractivity contribution in [2.24, 2.45) is 0 Å². The summed E-state index contributed by atoms with van der Waals surface area (Å²) in [6.45, 7) is 4.85. The first kappa shape index (κ1) is 16.6. The SMILES string of the molecule is COc1cccc2ccc(N3CC[C@H](N4CCOCC4)[C@@H](O)C3)nc12. The van der Waals surface area contributed by atoms with Crippen molar-refractivity contribution in [1.82, 2.24) is 9.88 Å². The van der Waals surface area contributed by atoms with Crippen molar-refractivity contribution in [3.05, 3.63) is 30.3 Å². The van der Waals surface area contributed by atoms with E-state index in [1.54, 1.807) is 7.11 Å². The largest absolute Gasteiger partial charge is 0.494 e. The molecule has 2 aliphatic heterocycles. The van der Waals surface area contributed by atoms with Crippen LogP contribution in [0.15, 0.2) is 30.3 Å². The van der Waals surface area contributed by atoms with Crippen LogP contribution >= 0.6 is 0 Å². The van der Waals surface area contributed by atoms with Gasteiger partial charge in [0.25, 0.3) is 0 Å². The molecule has 0 saturated carbocycles. The number of ether oxygens (including phenoxy) is 2. The van der Waals surface area contributed by atoms with Gasteiger partial charge in [0, 0.05) is 37.6 Å². The van der Waals surface area contributed by atoms with Crippen molar-refractivity contribution in [1.29, 1.82) is 0 Å². The maximum atomic E-state index is 10.7. The summed E-state index contributed by atoms with van der Waals surface area (Å²) < 4.78 is 10.9. The molecule has 0 spiro atoms. The summed E-state index contributed by atoms with van der Waals surface area (Å²) in [6, 6.07) is 10.3. The molecule has 6 heteroatoms. The third kappa shape index (κ3) is 3.29. The summed E-state index contributed by atoms with van der Waals surface area (Å²) in [7, 11) is 1.67. The number of aliphatic hydroxyl groups is 1. The molecule has 2 aliphatic rings. The number of methoxy groups -OCH3 is 1. The molecular formula is C19H25N3O3. The van der Waals surface area contributed by atoms with Gasteiger partial charge in [-0.25, -0.2) is 4.98 Å². The van der Waals surface area contributed by atoms with Gasteiger partial charge in [-0.3, -0.25) is 4.90 Å². The van der Waals surface area contributed by atoms with E-state index in [2.05, 4.69) is 15.9 Å². The Morgan fingerprint density at radius 2 is 2.00 bits per heavy atom. The zero-order valence-corrected chi connectivity index (χ0v) is 14.6. The van der Waals surface area contributed by atoms with Gasteiger partial charge in [-0.05, 0) is 24.6 Å². The van der Waals surface area contributed by atoms with Gasteiger partial charge in [0.2, 0.25) is 0 Å². The average molecular weight is 343 g/mol. The predicted octanol–water partition coefficient (Wildman–Crippen LogP) is 1.52. The van der Waals surface area contributed by atoms with Crippen molar-refractivity contribution in [2.75, 3.05) is 51.4 Å². The number of aliphatic hydroxyl groups excluding tert-OH is 1. The number of aromatic nitrogens is 1. The number of para-hydroxylation sites is 1. The Kier molecular flexibility index (Phi) is 4.74. The van der Waals surface area contributed by atoms with Crippen LogP contribution in [0.25, 0.3) is 10.9 Å². The van der Waals surface area contributed by atoms with Crippen molar-refractivity contribution in [3.8, 4) is 5.75 Å². The summed E-state index contributed by atoms with van der Waals surface area (Å²) in [5, 5.41) is 11.8. The maximum Gasteiger partial charge on any atom is 0.145 e. The molecule has 134 valence electrons. The molecule has 2 fully saturated rings. The molecule has 2 atom stereocenters. The highest BCUT2D eigenvalue weighted by Gasteiger charge is 2.33. The van der Waals surface area contributed by atoms with Crippen molar-refractivity contribution >= 4 is 16.7 Å². The number of β-amino-alcohol motifs (C(OH)–C–C–N with tert-alkyl or cyclic N) is 1. The lowest BCUT2D eigenvalue weighted by atomic mass is 9.99. The van der Waals surface area contributed by atoms with Gasteiger partial charge in [-0.1, -0.05) is 12.1 Å². The van der Waals surface area contributed by atoms with E-state index >= 15 is 0 Å². The summed E-state index contributed by atoms with van der Waals surface area (Å²) in [6.07, 6.45) is 0.564.